The van der Waals surface area contributed by atoms with Crippen LogP contribution < -0.4 is 10.2 Å². The minimum absolute atomic E-state index is 0.341. The Bertz CT molecular complexity index is 1310. The van der Waals surface area contributed by atoms with E-state index in [0.29, 0.717) is 10.9 Å². The van der Waals surface area contributed by atoms with Gasteiger partial charge in [0.2, 0.25) is 0 Å². The van der Waals surface area contributed by atoms with Crippen molar-refractivity contribution < 1.29 is 9.59 Å². The van der Waals surface area contributed by atoms with E-state index in [1.807, 2.05) is 18.2 Å². The SMILES string of the molecule is Cc1cc(-c2cccc3ncc(C=C4SC(=O)NC4=O)cc23)ccc1N1CCN(C(C)C)CC1. The molecular formula is C27H28N4O2S. The quantitative estimate of drug-likeness (QED) is 0.535. The highest BCUT2D eigenvalue weighted by atomic mass is 32.2. The molecule has 2 amide bonds. The molecule has 0 radical (unpaired) electrons. The fourth-order valence-corrected chi connectivity index (χ4v) is 5.41. The third-order valence-corrected chi connectivity index (χ3v) is 7.39. The molecule has 3 heterocycles. The highest BCUT2D eigenvalue weighted by molar-refractivity contribution is 8.18. The molecule has 2 aliphatic rings. The van der Waals surface area contributed by atoms with Crippen molar-refractivity contribution in [3.63, 3.8) is 0 Å². The molecule has 2 fully saturated rings. The lowest BCUT2D eigenvalue weighted by Crippen LogP contribution is -2.49. The van der Waals surface area contributed by atoms with E-state index in [2.05, 4.69) is 65.1 Å². The topological polar surface area (TPSA) is 65.5 Å². The van der Waals surface area contributed by atoms with E-state index >= 15 is 0 Å². The molecule has 0 unspecified atom stereocenters. The van der Waals surface area contributed by atoms with Crippen LogP contribution >= 0.6 is 11.8 Å². The molecule has 0 bridgehead atoms. The van der Waals surface area contributed by atoms with E-state index < -0.39 is 0 Å². The van der Waals surface area contributed by atoms with Crippen LogP contribution in [0.3, 0.4) is 0 Å². The third-order valence-electron chi connectivity index (χ3n) is 6.58. The van der Waals surface area contributed by atoms with Crippen LogP contribution in [0.25, 0.3) is 28.1 Å². The number of hydrogen-bond donors (Lipinski definition) is 1. The van der Waals surface area contributed by atoms with Crippen LogP contribution in [0.1, 0.15) is 25.0 Å². The first-order valence-electron chi connectivity index (χ1n) is 11.6. The van der Waals surface area contributed by atoms with E-state index in [0.717, 1.165) is 65.5 Å². The molecule has 0 spiro atoms. The molecule has 5 rings (SSSR count). The summed E-state index contributed by atoms with van der Waals surface area (Å²) >= 11 is 0.919. The first-order valence-corrected chi connectivity index (χ1v) is 12.4. The molecule has 0 atom stereocenters. The summed E-state index contributed by atoms with van der Waals surface area (Å²) in [5, 5.41) is 2.97. The Morgan fingerprint density at radius 3 is 2.53 bits per heavy atom. The Kier molecular flexibility index (Phi) is 6.15. The molecule has 2 aliphatic heterocycles. The normalized spacial score (nSPS) is 18.4. The van der Waals surface area contributed by atoms with Gasteiger partial charge < -0.3 is 4.90 Å². The Morgan fingerprint density at radius 2 is 1.85 bits per heavy atom. The van der Waals surface area contributed by atoms with Gasteiger partial charge in [-0.1, -0.05) is 18.2 Å². The number of anilines is 1. The molecule has 7 heteroatoms. The van der Waals surface area contributed by atoms with E-state index in [1.165, 1.54) is 11.3 Å². The summed E-state index contributed by atoms with van der Waals surface area (Å²) in [6.45, 7) is 11.0. The molecule has 0 saturated carbocycles. The Hall–Kier alpha value is -3.16. The highest BCUT2D eigenvalue weighted by Crippen LogP contribution is 2.33. The average Bonchev–Trinajstić information content (AvgIpc) is 3.15. The van der Waals surface area contributed by atoms with Crippen molar-refractivity contribution in [2.24, 2.45) is 0 Å². The lowest BCUT2D eigenvalue weighted by molar-refractivity contribution is -0.115. The standard InChI is InChI=1S/C27H28N4O2S/c1-17(2)30-9-11-31(12-10-30)24-8-7-20(13-18(24)3)21-5-4-6-23-22(21)14-19(16-28-23)15-25-26(32)29-27(33)34-25/h4-8,13-17H,9-12H2,1-3H3,(H,29,32,33). The summed E-state index contributed by atoms with van der Waals surface area (Å²) in [4.78, 5) is 33.4. The first kappa shape index (κ1) is 22.6. The van der Waals surface area contributed by atoms with E-state index in [-0.39, 0.29) is 11.1 Å². The summed E-state index contributed by atoms with van der Waals surface area (Å²) in [6.07, 6.45) is 3.46. The summed E-state index contributed by atoms with van der Waals surface area (Å²) in [6, 6.07) is 15.4. The van der Waals surface area contributed by atoms with Gasteiger partial charge in [-0.05, 0) is 85.1 Å². The molecule has 0 aliphatic carbocycles. The number of hydrogen-bond acceptors (Lipinski definition) is 6. The molecule has 34 heavy (non-hydrogen) atoms. The van der Waals surface area contributed by atoms with Crippen LogP contribution in [-0.2, 0) is 4.79 Å². The molecule has 1 aromatic heterocycles. The second-order valence-electron chi connectivity index (χ2n) is 9.11. The molecule has 2 aromatic carbocycles. The Balaban J connectivity index is 1.46. The molecule has 2 saturated heterocycles. The maximum absolute atomic E-state index is 11.9. The van der Waals surface area contributed by atoms with Crippen LogP contribution in [0.15, 0.2) is 53.6 Å². The molecule has 6 nitrogen and oxygen atoms in total. The second-order valence-corrected chi connectivity index (χ2v) is 10.1. The monoisotopic (exact) mass is 472 g/mol. The summed E-state index contributed by atoms with van der Waals surface area (Å²) < 4.78 is 0. The van der Waals surface area contributed by atoms with Crippen LogP contribution in [0.5, 0.6) is 0 Å². The zero-order chi connectivity index (χ0) is 23.8. The number of rotatable bonds is 4. The Morgan fingerprint density at radius 1 is 1.06 bits per heavy atom. The van der Waals surface area contributed by atoms with Crippen molar-refractivity contribution in [2.75, 3.05) is 31.1 Å². The lowest BCUT2D eigenvalue weighted by atomic mass is 9.97. The molecule has 3 aromatic rings. The number of pyridine rings is 1. The Labute approximate surface area is 204 Å². The van der Waals surface area contributed by atoms with Crippen LogP contribution in [0, 0.1) is 6.92 Å². The van der Waals surface area contributed by atoms with Gasteiger partial charge in [0, 0.05) is 49.5 Å². The maximum Gasteiger partial charge on any atom is 0.290 e. The number of carbonyl (C=O) groups is 2. The minimum Gasteiger partial charge on any atom is -0.369 e. The number of fused-ring (bicyclic) bond motifs is 1. The fourth-order valence-electron chi connectivity index (χ4n) is 4.73. The number of aryl methyl sites for hydroxylation is 1. The van der Waals surface area contributed by atoms with E-state index in [9.17, 15) is 9.59 Å². The maximum atomic E-state index is 11.9. The van der Waals surface area contributed by atoms with Crippen LogP contribution in [-0.4, -0.2) is 53.3 Å². The number of aromatic nitrogens is 1. The zero-order valence-electron chi connectivity index (χ0n) is 19.7. The minimum atomic E-state index is -0.358. The van der Waals surface area contributed by atoms with Crippen LogP contribution in [0.2, 0.25) is 0 Å². The van der Waals surface area contributed by atoms with Gasteiger partial charge in [0.25, 0.3) is 11.1 Å². The first-order chi connectivity index (χ1) is 16.4. The van der Waals surface area contributed by atoms with Crippen molar-refractivity contribution in [1.29, 1.82) is 0 Å². The summed E-state index contributed by atoms with van der Waals surface area (Å²) in [7, 11) is 0. The number of carbonyl (C=O) groups excluding carboxylic acids is 2. The summed E-state index contributed by atoms with van der Waals surface area (Å²) in [5.74, 6) is -0.358. The number of benzene rings is 2. The number of amides is 2. The predicted molar refractivity (Wildman–Crippen MR) is 140 cm³/mol. The van der Waals surface area contributed by atoms with Gasteiger partial charge in [-0.15, -0.1) is 0 Å². The van der Waals surface area contributed by atoms with Crippen LogP contribution in [0.4, 0.5) is 10.5 Å². The van der Waals surface area contributed by atoms with Gasteiger partial charge in [0.05, 0.1) is 10.4 Å². The van der Waals surface area contributed by atoms with Gasteiger partial charge in [-0.3, -0.25) is 24.8 Å². The number of nitrogens with one attached hydrogen (secondary N) is 1. The van der Waals surface area contributed by atoms with Crippen molar-refractivity contribution in [3.05, 3.63) is 64.7 Å². The molecular weight excluding hydrogens is 444 g/mol. The van der Waals surface area contributed by atoms with Gasteiger partial charge >= 0.3 is 0 Å². The van der Waals surface area contributed by atoms with Crippen molar-refractivity contribution in [1.82, 2.24) is 15.2 Å². The van der Waals surface area contributed by atoms with Crippen molar-refractivity contribution in [2.45, 2.75) is 26.8 Å². The average molecular weight is 473 g/mol. The highest BCUT2D eigenvalue weighted by Gasteiger charge is 2.25. The molecule has 174 valence electrons. The largest absolute Gasteiger partial charge is 0.369 e. The van der Waals surface area contributed by atoms with E-state index in [4.69, 9.17) is 0 Å². The third kappa shape index (κ3) is 4.45. The van der Waals surface area contributed by atoms with Gasteiger partial charge in [-0.25, -0.2) is 0 Å². The lowest BCUT2D eigenvalue weighted by Gasteiger charge is -2.38. The van der Waals surface area contributed by atoms with Crippen molar-refractivity contribution in [3.8, 4) is 11.1 Å². The fraction of sp³-hybridized carbons (Fsp3) is 0.296. The second kappa shape index (κ2) is 9.24. The van der Waals surface area contributed by atoms with Gasteiger partial charge in [0.15, 0.2) is 0 Å². The number of nitrogens with zero attached hydrogens (tertiary/aromatic N) is 3. The number of imide groups is 1. The predicted octanol–water partition coefficient (Wildman–Crippen LogP) is 5.06. The number of piperazine rings is 1. The van der Waals surface area contributed by atoms with Gasteiger partial charge in [0.1, 0.15) is 0 Å². The molecule has 1 N–H and O–H groups in total. The van der Waals surface area contributed by atoms with Gasteiger partial charge in [-0.2, -0.15) is 0 Å². The summed E-state index contributed by atoms with van der Waals surface area (Å²) in [5.41, 5.74) is 6.49. The number of thioether (sulfide) groups is 1. The van der Waals surface area contributed by atoms with Crippen molar-refractivity contribution >= 4 is 45.6 Å². The zero-order valence-corrected chi connectivity index (χ0v) is 20.5. The van der Waals surface area contributed by atoms with E-state index in [1.54, 1.807) is 12.3 Å². The smallest absolute Gasteiger partial charge is 0.290 e.